The highest BCUT2D eigenvalue weighted by molar-refractivity contribution is 5.57. The van der Waals surface area contributed by atoms with Gasteiger partial charge in [0.05, 0.1) is 19.4 Å². The van der Waals surface area contributed by atoms with Crippen molar-refractivity contribution >= 4 is 6.21 Å². The molecule has 2 rings (SSSR count). The van der Waals surface area contributed by atoms with Crippen molar-refractivity contribution in [2.45, 2.75) is 37.3 Å². The van der Waals surface area contributed by atoms with Crippen LogP contribution in [0.4, 0.5) is 0 Å². The molecule has 0 spiro atoms. The Morgan fingerprint density at radius 3 is 2.52 bits per heavy atom. The summed E-state index contributed by atoms with van der Waals surface area (Å²) in [5.74, 6) is 0. The molecule has 1 saturated heterocycles. The first-order valence-corrected chi connectivity index (χ1v) is 7.23. The minimum absolute atomic E-state index is 0.0303. The van der Waals surface area contributed by atoms with E-state index in [1.807, 2.05) is 30.3 Å². The molecule has 128 valence electrons. The summed E-state index contributed by atoms with van der Waals surface area (Å²) >= 11 is 0. The van der Waals surface area contributed by atoms with Crippen molar-refractivity contribution in [3.63, 3.8) is 0 Å². The van der Waals surface area contributed by atoms with E-state index >= 15 is 0 Å². The average Bonchev–Trinajstić information content (AvgIpc) is 2.58. The number of oxime groups is 1. The Morgan fingerprint density at radius 2 is 1.83 bits per heavy atom. The zero-order chi connectivity index (χ0) is 16.7. The predicted octanol–water partition coefficient (Wildman–Crippen LogP) is -0.995. The first-order valence-electron chi connectivity index (χ1n) is 7.23. The summed E-state index contributed by atoms with van der Waals surface area (Å²) in [5, 5.41) is 41.7. The van der Waals surface area contributed by atoms with Gasteiger partial charge < -0.3 is 34.7 Å². The highest BCUT2D eigenvalue weighted by Crippen LogP contribution is 2.21. The van der Waals surface area contributed by atoms with Crippen LogP contribution in [0.2, 0.25) is 0 Å². The van der Waals surface area contributed by atoms with Crippen LogP contribution >= 0.6 is 0 Å². The van der Waals surface area contributed by atoms with Crippen molar-refractivity contribution < 1.29 is 34.7 Å². The van der Waals surface area contributed by atoms with Gasteiger partial charge in [-0.2, -0.15) is 0 Å². The number of rotatable bonds is 7. The fourth-order valence-electron chi connectivity index (χ4n) is 2.11. The maximum atomic E-state index is 9.76. The molecule has 1 aromatic carbocycles. The van der Waals surface area contributed by atoms with Crippen LogP contribution < -0.4 is 0 Å². The van der Waals surface area contributed by atoms with Crippen molar-refractivity contribution in [2.75, 3.05) is 13.2 Å². The van der Waals surface area contributed by atoms with Crippen LogP contribution in [-0.4, -0.2) is 70.6 Å². The third-order valence-corrected chi connectivity index (χ3v) is 3.41. The van der Waals surface area contributed by atoms with Crippen molar-refractivity contribution in [1.82, 2.24) is 0 Å². The fourth-order valence-corrected chi connectivity index (χ4v) is 2.11. The Hall–Kier alpha value is -1.55. The van der Waals surface area contributed by atoms with Crippen molar-refractivity contribution in [3.8, 4) is 0 Å². The Bertz CT molecular complexity index is 482. The second-order valence-corrected chi connectivity index (χ2v) is 5.08. The lowest BCUT2D eigenvalue weighted by atomic mass is 9.99. The SMILES string of the molecule is OCC1O[C@@H](OCC=NOCc2ccccc2)C(O)C(O)[C@@H]1O. The van der Waals surface area contributed by atoms with Gasteiger partial charge in [0.25, 0.3) is 0 Å². The molecule has 0 radical (unpaired) electrons. The number of benzene rings is 1. The average molecular weight is 327 g/mol. The van der Waals surface area contributed by atoms with Crippen LogP contribution in [0.15, 0.2) is 35.5 Å². The molecule has 1 aromatic rings. The fraction of sp³-hybridized carbons (Fsp3) is 0.533. The van der Waals surface area contributed by atoms with Crippen molar-refractivity contribution in [2.24, 2.45) is 5.16 Å². The molecule has 1 heterocycles. The molecule has 3 unspecified atom stereocenters. The maximum absolute atomic E-state index is 9.76. The summed E-state index contributed by atoms with van der Waals surface area (Å²) in [6.45, 7) is -0.214. The quantitative estimate of drug-likeness (QED) is 0.375. The van der Waals surface area contributed by atoms with Crippen molar-refractivity contribution in [1.29, 1.82) is 0 Å². The zero-order valence-corrected chi connectivity index (χ0v) is 12.4. The minimum atomic E-state index is -1.46. The van der Waals surface area contributed by atoms with Gasteiger partial charge in [-0.05, 0) is 5.56 Å². The van der Waals surface area contributed by atoms with E-state index in [0.717, 1.165) is 5.56 Å². The molecular weight excluding hydrogens is 306 g/mol. The summed E-state index contributed by atoms with van der Waals surface area (Å²) in [6, 6.07) is 9.50. The molecule has 1 aliphatic rings. The van der Waals surface area contributed by atoms with Gasteiger partial charge >= 0.3 is 0 Å². The lowest BCUT2D eigenvalue weighted by Gasteiger charge is -2.39. The molecule has 0 bridgehead atoms. The summed E-state index contributed by atoms with van der Waals surface area (Å²) in [5.41, 5.74) is 0.972. The third kappa shape index (κ3) is 4.96. The van der Waals surface area contributed by atoms with Crippen molar-refractivity contribution in [3.05, 3.63) is 35.9 Å². The van der Waals surface area contributed by atoms with Gasteiger partial charge in [0.2, 0.25) is 0 Å². The van der Waals surface area contributed by atoms with E-state index in [0.29, 0.717) is 6.61 Å². The third-order valence-electron chi connectivity index (χ3n) is 3.41. The van der Waals surface area contributed by atoms with E-state index in [-0.39, 0.29) is 6.61 Å². The van der Waals surface area contributed by atoms with Gasteiger partial charge in [-0.3, -0.25) is 0 Å². The van der Waals surface area contributed by atoms with E-state index < -0.39 is 37.3 Å². The lowest BCUT2D eigenvalue weighted by molar-refractivity contribution is -0.297. The second kappa shape index (κ2) is 8.92. The predicted molar refractivity (Wildman–Crippen MR) is 79.4 cm³/mol. The summed E-state index contributed by atoms with van der Waals surface area (Å²) < 4.78 is 10.4. The number of aliphatic hydroxyl groups is 4. The largest absolute Gasteiger partial charge is 0.394 e. The van der Waals surface area contributed by atoms with Crippen LogP contribution in [-0.2, 0) is 20.9 Å². The monoisotopic (exact) mass is 327 g/mol. The number of ether oxygens (including phenoxy) is 2. The number of hydrogen-bond acceptors (Lipinski definition) is 8. The summed E-state index contributed by atoms with van der Waals surface area (Å²) in [7, 11) is 0. The highest BCUT2D eigenvalue weighted by atomic mass is 16.7. The maximum Gasteiger partial charge on any atom is 0.187 e. The summed E-state index contributed by atoms with van der Waals surface area (Å²) in [6.07, 6.45) is -5.12. The molecule has 4 N–H and O–H groups in total. The molecule has 0 aromatic heterocycles. The lowest BCUT2D eigenvalue weighted by Crippen LogP contribution is -2.59. The Labute approximate surface area is 133 Å². The van der Waals surface area contributed by atoms with Crippen LogP contribution in [0.5, 0.6) is 0 Å². The molecule has 8 heteroatoms. The smallest absolute Gasteiger partial charge is 0.187 e. The van der Waals surface area contributed by atoms with Crippen LogP contribution in [0, 0.1) is 0 Å². The summed E-state index contributed by atoms with van der Waals surface area (Å²) in [4.78, 5) is 5.07. The molecule has 1 aliphatic heterocycles. The first kappa shape index (κ1) is 17.8. The standard InChI is InChI=1S/C15H21NO7/c17-8-11-12(18)13(19)14(20)15(23-11)21-7-6-16-22-9-10-4-2-1-3-5-10/h1-6,11-15,17-20H,7-9H2/t11?,12-,13?,14?,15-/m1/s1. The van der Waals surface area contributed by atoms with Crippen LogP contribution in [0.3, 0.4) is 0 Å². The molecule has 0 aliphatic carbocycles. The van der Waals surface area contributed by atoms with E-state index in [1.54, 1.807) is 0 Å². The molecular formula is C15H21NO7. The highest BCUT2D eigenvalue weighted by Gasteiger charge is 2.43. The minimum Gasteiger partial charge on any atom is -0.394 e. The molecule has 0 amide bonds. The number of nitrogens with zero attached hydrogens (tertiary/aromatic N) is 1. The first-order chi connectivity index (χ1) is 11.1. The Morgan fingerprint density at radius 1 is 1.09 bits per heavy atom. The van der Waals surface area contributed by atoms with Gasteiger partial charge in [-0.25, -0.2) is 0 Å². The van der Waals surface area contributed by atoms with Crippen LogP contribution in [0.1, 0.15) is 5.56 Å². The topological polar surface area (TPSA) is 121 Å². The van der Waals surface area contributed by atoms with Crippen LogP contribution in [0.25, 0.3) is 0 Å². The van der Waals surface area contributed by atoms with Gasteiger partial charge in [0.15, 0.2) is 6.29 Å². The second-order valence-electron chi connectivity index (χ2n) is 5.08. The molecule has 23 heavy (non-hydrogen) atoms. The Kier molecular flexibility index (Phi) is 6.90. The van der Waals surface area contributed by atoms with Gasteiger partial charge in [0.1, 0.15) is 31.0 Å². The molecule has 5 atom stereocenters. The zero-order valence-electron chi connectivity index (χ0n) is 12.4. The Balaban J connectivity index is 1.71. The number of aliphatic hydroxyl groups excluding tert-OH is 4. The van der Waals surface area contributed by atoms with E-state index in [4.69, 9.17) is 19.4 Å². The molecule has 1 fully saturated rings. The van der Waals surface area contributed by atoms with Gasteiger partial charge in [-0.15, -0.1) is 0 Å². The van der Waals surface area contributed by atoms with Gasteiger partial charge in [-0.1, -0.05) is 35.5 Å². The van der Waals surface area contributed by atoms with Gasteiger partial charge in [0, 0.05) is 0 Å². The van der Waals surface area contributed by atoms with E-state index in [9.17, 15) is 15.3 Å². The molecule has 8 nitrogen and oxygen atoms in total. The number of hydrogen-bond donors (Lipinski definition) is 4. The molecule has 0 saturated carbocycles. The van der Waals surface area contributed by atoms with E-state index in [1.165, 1.54) is 6.21 Å². The van der Waals surface area contributed by atoms with E-state index in [2.05, 4.69) is 5.16 Å². The normalized spacial score (nSPS) is 31.4.